The molecular formula is C36H48ClN5O7S2. The van der Waals surface area contributed by atoms with Crippen LogP contribution in [0.5, 0.6) is 0 Å². The lowest BCUT2D eigenvalue weighted by Gasteiger charge is -2.38. The van der Waals surface area contributed by atoms with Gasteiger partial charge < -0.3 is 28.4 Å². The number of aryl methyl sites for hydroxylation is 1. The largest absolute Gasteiger partial charge is 0.378 e. The average molecular weight is 762 g/mol. The highest BCUT2D eigenvalue weighted by atomic mass is 35.5. The molecule has 4 heterocycles. The summed E-state index contributed by atoms with van der Waals surface area (Å²) in [5.41, 5.74) is 2.73. The van der Waals surface area contributed by atoms with Crippen molar-refractivity contribution in [3.8, 4) is 12.3 Å². The molecule has 0 N–H and O–H groups in total. The van der Waals surface area contributed by atoms with Crippen molar-refractivity contribution in [3.05, 3.63) is 53.1 Å². The summed E-state index contributed by atoms with van der Waals surface area (Å²) in [7, 11) is -2.14. The first-order valence-electron chi connectivity index (χ1n) is 17.4. The van der Waals surface area contributed by atoms with E-state index < -0.39 is 27.2 Å². The minimum Gasteiger partial charge on any atom is -0.378 e. The lowest BCUT2D eigenvalue weighted by molar-refractivity contribution is -0.124. The predicted molar refractivity (Wildman–Crippen MR) is 201 cm³/mol. The van der Waals surface area contributed by atoms with E-state index in [1.807, 2.05) is 42.4 Å². The number of ether oxygens (including phenoxy) is 4. The summed E-state index contributed by atoms with van der Waals surface area (Å²) in [5, 5.41) is 0.606. The highest BCUT2D eigenvalue weighted by Gasteiger charge is 2.52. The maximum absolute atomic E-state index is 14.4. The van der Waals surface area contributed by atoms with Crippen molar-refractivity contribution in [2.45, 2.75) is 56.9 Å². The van der Waals surface area contributed by atoms with Crippen molar-refractivity contribution in [2.75, 3.05) is 82.4 Å². The smallest absolute Gasteiger partial charge is 0.238 e. The predicted octanol–water partition coefficient (Wildman–Crippen LogP) is 3.88. The van der Waals surface area contributed by atoms with Crippen LogP contribution in [0.3, 0.4) is 0 Å². The number of carbonyl (C=O) groups excluding carboxylic acids is 1. The Bertz CT molecular complexity index is 1710. The Morgan fingerprint density at radius 3 is 2.35 bits per heavy atom. The van der Waals surface area contributed by atoms with E-state index in [0.29, 0.717) is 102 Å². The standard InChI is InChI=1S/C36H48ClN5O7S2/c1-4-15-46-16-17-47-18-19-48-20-21-49-22-24-50(44)23-5-12-41-32-7-6-29(37)25-31(32)39-34(41)27-42-33-26-38-11-8-30(33)36(35(42)43)9-13-40(14-10-36)51(45)28(2)3/h1,6-8,11,25-26,28H,5,9-10,12-24,27H2,2-3H3. The highest BCUT2D eigenvalue weighted by Crippen LogP contribution is 2.48. The van der Waals surface area contributed by atoms with E-state index in [1.165, 1.54) is 0 Å². The van der Waals surface area contributed by atoms with Crippen LogP contribution >= 0.6 is 11.6 Å². The van der Waals surface area contributed by atoms with E-state index >= 15 is 0 Å². The number of imidazole rings is 1. The molecule has 0 radical (unpaired) electrons. The Balaban J connectivity index is 1.13. The zero-order valence-corrected chi connectivity index (χ0v) is 31.8. The van der Waals surface area contributed by atoms with Gasteiger partial charge in [0.15, 0.2) is 0 Å². The summed E-state index contributed by atoms with van der Waals surface area (Å²) >= 11 is 6.34. The maximum Gasteiger partial charge on any atom is 0.238 e. The fraction of sp³-hybridized carbons (Fsp3) is 0.583. The third-order valence-corrected chi connectivity index (χ3v) is 12.4. The number of pyridine rings is 1. The number of hydrogen-bond donors (Lipinski definition) is 0. The molecule has 15 heteroatoms. The molecule has 5 rings (SSSR count). The van der Waals surface area contributed by atoms with Crippen molar-refractivity contribution in [2.24, 2.45) is 0 Å². The number of nitrogens with zero attached hydrogens (tertiary/aromatic N) is 5. The average Bonchev–Trinajstić information content (AvgIpc) is 3.57. The minimum atomic E-state index is -1.08. The van der Waals surface area contributed by atoms with Crippen molar-refractivity contribution in [1.29, 1.82) is 0 Å². The van der Waals surface area contributed by atoms with Gasteiger partial charge in [0, 0.05) is 58.4 Å². The number of aromatic nitrogens is 3. The number of hydrogen-bond acceptors (Lipinski definition) is 9. The first-order chi connectivity index (χ1) is 24.7. The summed E-state index contributed by atoms with van der Waals surface area (Å²) in [6, 6.07) is 7.55. The van der Waals surface area contributed by atoms with Crippen LogP contribution in [-0.2, 0) is 64.0 Å². The van der Waals surface area contributed by atoms with Gasteiger partial charge in [0.25, 0.3) is 0 Å². The monoisotopic (exact) mass is 761 g/mol. The van der Waals surface area contributed by atoms with Gasteiger partial charge in [-0.2, -0.15) is 0 Å². The fourth-order valence-electron chi connectivity index (χ4n) is 6.57. The van der Waals surface area contributed by atoms with Crippen LogP contribution in [0.1, 0.15) is 44.5 Å². The second kappa shape index (κ2) is 19.4. The van der Waals surface area contributed by atoms with Gasteiger partial charge in [-0.05, 0) is 62.9 Å². The van der Waals surface area contributed by atoms with Crippen LogP contribution in [0.15, 0.2) is 36.7 Å². The van der Waals surface area contributed by atoms with Crippen LogP contribution in [0.4, 0.5) is 5.69 Å². The summed E-state index contributed by atoms with van der Waals surface area (Å²) < 4.78 is 51.4. The molecule has 2 aliphatic rings. The molecule has 1 fully saturated rings. The number of rotatable bonds is 21. The van der Waals surface area contributed by atoms with Crippen molar-refractivity contribution in [3.63, 3.8) is 0 Å². The van der Waals surface area contributed by atoms with E-state index in [2.05, 4.69) is 15.5 Å². The summed E-state index contributed by atoms with van der Waals surface area (Å²) in [6.07, 6.45) is 10.5. The number of piperidine rings is 1. The molecule has 2 aliphatic heterocycles. The van der Waals surface area contributed by atoms with Gasteiger partial charge in [0.2, 0.25) is 5.91 Å². The highest BCUT2D eigenvalue weighted by molar-refractivity contribution is 7.85. The second-order valence-corrected chi connectivity index (χ2v) is 16.9. The van der Waals surface area contributed by atoms with Crippen LogP contribution in [-0.4, -0.2) is 116 Å². The zero-order valence-electron chi connectivity index (χ0n) is 29.4. The molecule has 278 valence electrons. The molecular weight excluding hydrogens is 714 g/mol. The number of fused-ring (bicyclic) bond motifs is 3. The lowest BCUT2D eigenvalue weighted by Crippen LogP contribution is -2.49. The molecule has 1 spiro atoms. The Labute approximate surface area is 310 Å². The molecule has 12 nitrogen and oxygen atoms in total. The number of anilines is 1. The number of amides is 1. The maximum atomic E-state index is 14.4. The molecule has 2 unspecified atom stereocenters. The first-order valence-corrected chi connectivity index (χ1v) is 20.4. The number of carbonyl (C=O) groups is 1. The zero-order chi connectivity index (χ0) is 36.2. The summed E-state index contributed by atoms with van der Waals surface area (Å²) in [5.74, 6) is 4.09. The summed E-state index contributed by atoms with van der Waals surface area (Å²) in [4.78, 5) is 25.5. The number of benzene rings is 1. The Kier molecular flexibility index (Phi) is 15.0. The Morgan fingerprint density at radius 2 is 1.67 bits per heavy atom. The molecule has 3 aromatic rings. The molecule has 2 aromatic heterocycles. The molecule has 0 bridgehead atoms. The molecule has 1 aromatic carbocycles. The normalized spacial score (nSPS) is 17.0. The SMILES string of the molecule is C#CCOCCOCCOCCOCCS(=O)CCCn1c(CN2C(=O)C3(CCN(S(=O)C(C)C)CC3)c3ccncc32)nc2cc(Cl)ccc21. The quantitative estimate of drug-likeness (QED) is 0.118. The molecule has 0 aliphatic carbocycles. The number of halogens is 1. The fourth-order valence-corrected chi connectivity index (χ4v) is 8.83. The summed E-state index contributed by atoms with van der Waals surface area (Å²) in [6.45, 7) is 9.27. The van der Waals surface area contributed by atoms with Gasteiger partial charge in [-0.3, -0.25) is 14.0 Å². The topological polar surface area (TPSA) is 125 Å². The second-order valence-electron chi connectivity index (χ2n) is 12.7. The van der Waals surface area contributed by atoms with Gasteiger partial charge in [0.1, 0.15) is 12.4 Å². The van der Waals surface area contributed by atoms with Gasteiger partial charge in [0.05, 0.1) is 92.1 Å². The van der Waals surface area contributed by atoms with Crippen molar-refractivity contribution in [1.82, 2.24) is 18.8 Å². The van der Waals surface area contributed by atoms with Crippen LogP contribution in [0, 0.1) is 12.3 Å². The Hall–Kier alpha value is -2.74. The van der Waals surface area contributed by atoms with E-state index in [1.54, 1.807) is 17.3 Å². The number of terminal acetylenes is 1. The molecule has 51 heavy (non-hydrogen) atoms. The third kappa shape index (κ3) is 10.0. The van der Waals surface area contributed by atoms with E-state index in [-0.39, 0.29) is 24.3 Å². The van der Waals surface area contributed by atoms with E-state index in [4.69, 9.17) is 42.0 Å². The molecule has 2 atom stereocenters. The molecule has 1 amide bonds. The minimum absolute atomic E-state index is 0.0255. The van der Waals surface area contributed by atoms with Crippen molar-refractivity contribution >= 4 is 56.0 Å². The van der Waals surface area contributed by atoms with Gasteiger partial charge in [-0.15, -0.1) is 6.42 Å². The van der Waals surface area contributed by atoms with E-state index in [9.17, 15) is 13.2 Å². The Morgan fingerprint density at radius 1 is 0.980 bits per heavy atom. The van der Waals surface area contributed by atoms with Crippen LogP contribution in [0.25, 0.3) is 11.0 Å². The van der Waals surface area contributed by atoms with E-state index in [0.717, 1.165) is 28.1 Å². The first kappa shape index (κ1) is 39.5. The van der Waals surface area contributed by atoms with Crippen LogP contribution in [0.2, 0.25) is 5.02 Å². The van der Waals surface area contributed by atoms with Gasteiger partial charge in [-0.25, -0.2) is 13.5 Å². The van der Waals surface area contributed by atoms with Crippen molar-refractivity contribution < 1.29 is 32.2 Å². The third-order valence-electron chi connectivity index (χ3n) is 9.09. The van der Waals surface area contributed by atoms with Crippen LogP contribution < -0.4 is 4.90 Å². The lowest BCUT2D eigenvalue weighted by atomic mass is 9.74. The molecule has 1 saturated heterocycles. The van der Waals surface area contributed by atoms with Gasteiger partial charge >= 0.3 is 0 Å². The van der Waals surface area contributed by atoms with Gasteiger partial charge in [-0.1, -0.05) is 17.5 Å². The molecule has 0 saturated carbocycles.